The monoisotopic (exact) mass is 423 g/mol. The highest BCUT2D eigenvalue weighted by molar-refractivity contribution is 5.85. The topological polar surface area (TPSA) is 44.8 Å². The lowest BCUT2D eigenvalue weighted by molar-refractivity contribution is 0.130. The number of rotatable bonds is 9. The lowest BCUT2D eigenvalue weighted by Crippen LogP contribution is -2.36. The van der Waals surface area contributed by atoms with Gasteiger partial charge < -0.3 is 15.0 Å². The van der Waals surface area contributed by atoms with Gasteiger partial charge in [0.2, 0.25) is 0 Å². The zero-order chi connectivity index (χ0) is 19.4. The van der Waals surface area contributed by atoms with Crippen LogP contribution in [0, 0.1) is 0 Å². The van der Waals surface area contributed by atoms with E-state index in [9.17, 15) is 4.79 Å². The standard InChI is InChI=1S/C23H37N3O2.ClH/c27-23(28-20-10-17-25-15-6-2-7-16-25)24-14-13-22(21-11-4-1-5-12-21)26-18-8-3-9-19-26;/h1,4-5,11-12,22H,2-3,6-10,13-20H2,(H,24,27);1H. The summed E-state index contributed by atoms with van der Waals surface area (Å²) in [6, 6.07) is 11.1. The van der Waals surface area contributed by atoms with Crippen molar-refractivity contribution in [2.24, 2.45) is 0 Å². The van der Waals surface area contributed by atoms with E-state index in [0.717, 1.165) is 32.5 Å². The van der Waals surface area contributed by atoms with E-state index in [-0.39, 0.29) is 18.5 Å². The fraction of sp³-hybridized carbons (Fsp3) is 0.696. The van der Waals surface area contributed by atoms with E-state index in [1.54, 1.807) is 0 Å². The van der Waals surface area contributed by atoms with Crippen LogP contribution in [0.15, 0.2) is 30.3 Å². The van der Waals surface area contributed by atoms with Crippen LogP contribution in [0.25, 0.3) is 0 Å². The predicted molar refractivity (Wildman–Crippen MR) is 121 cm³/mol. The summed E-state index contributed by atoms with van der Waals surface area (Å²) in [5, 5.41) is 2.96. The Labute approximate surface area is 182 Å². The maximum Gasteiger partial charge on any atom is 0.407 e. The van der Waals surface area contributed by atoms with E-state index in [0.29, 0.717) is 19.2 Å². The van der Waals surface area contributed by atoms with E-state index < -0.39 is 0 Å². The summed E-state index contributed by atoms with van der Waals surface area (Å²) in [5.41, 5.74) is 1.35. The van der Waals surface area contributed by atoms with Crippen LogP contribution in [0.5, 0.6) is 0 Å². The molecule has 164 valence electrons. The molecule has 2 heterocycles. The van der Waals surface area contributed by atoms with Crippen LogP contribution >= 0.6 is 12.4 Å². The summed E-state index contributed by atoms with van der Waals surface area (Å²) in [4.78, 5) is 17.1. The number of halogens is 1. The molecule has 0 spiro atoms. The molecule has 2 aliphatic rings. The SMILES string of the molecule is Cl.O=C(NCCC(c1ccccc1)N1CCCCC1)OCCCN1CCCCC1. The number of carbonyl (C=O) groups is 1. The molecular formula is C23H38ClN3O2. The molecule has 1 amide bonds. The predicted octanol–water partition coefficient (Wildman–Crippen LogP) is 4.63. The van der Waals surface area contributed by atoms with Crippen molar-refractivity contribution < 1.29 is 9.53 Å². The lowest BCUT2D eigenvalue weighted by Gasteiger charge is -2.35. The molecule has 0 aromatic heterocycles. The van der Waals surface area contributed by atoms with E-state index in [2.05, 4.69) is 45.4 Å². The Morgan fingerprint density at radius 1 is 0.966 bits per heavy atom. The largest absolute Gasteiger partial charge is 0.450 e. The Hall–Kier alpha value is -1.30. The lowest BCUT2D eigenvalue weighted by atomic mass is 9.99. The molecule has 1 N–H and O–H groups in total. The molecule has 2 aliphatic heterocycles. The van der Waals surface area contributed by atoms with Crippen LogP contribution in [0.2, 0.25) is 0 Å². The molecule has 6 heteroatoms. The smallest absolute Gasteiger partial charge is 0.407 e. The van der Waals surface area contributed by atoms with E-state index in [1.807, 2.05) is 0 Å². The molecule has 29 heavy (non-hydrogen) atoms. The van der Waals surface area contributed by atoms with Gasteiger partial charge in [-0.2, -0.15) is 0 Å². The van der Waals surface area contributed by atoms with Crippen molar-refractivity contribution in [1.82, 2.24) is 15.1 Å². The summed E-state index contributed by atoms with van der Waals surface area (Å²) in [7, 11) is 0. The summed E-state index contributed by atoms with van der Waals surface area (Å²) >= 11 is 0. The molecule has 5 nitrogen and oxygen atoms in total. The first-order chi connectivity index (χ1) is 13.8. The zero-order valence-electron chi connectivity index (χ0n) is 17.7. The Morgan fingerprint density at radius 3 is 2.31 bits per heavy atom. The van der Waals surface area contributed by atoms with Crippen molar-refractivity contribution in [1.29, 1.82) is 0 Å². The number of alkyl carbamates (subject to hydrolysis) is 1. The molecule has 1 atom stereocenters. The summed E-state index contributed by atoms with van der Waals surface area (Å²) < 4.78 is 5.38. The van der Waals surface area contributed by atoms with Crippen molar-refractivity contribution >= 4 is 18.5 Å². The van der Waals surface area contributed by atoms with Gasteiger partial charge in [0.05, 0.1) is 6.61 Å². The molecule has 0 radical (unpaired) electrons. The number of piperidine rings is 2. The number of likely N-dealkylation sites (tertiary alicyclic amines) is 2. The van der Waals surface area contributed by atoms with Crippen molar-refractivity contribution in [2.45, 2.75) is 57.4 Å². The Balaban J connectivity index is 0.00000300. The first-order valence-corrected chi connectivity index (χ1v) is 11.2. The molecule has 2 saturated heterocycles. The van der Waals surface area contributed by atoms with Crippen molar-refractivity contribution in [3.8, 4) is 0 Å². The van der Waals surface area contributed by atoms with Gasteiger partial charge in [0, 0.05) is 19.1 Å². The van der Waals surface area contributed by atoms with Crippen LogP contribution in [0.1, 0.15) is 63.0 Å². The number of benzene rings is 1. The normalized spacial score (nSPS) is 19.2. The maximum absolute atomic E-state index is 12.0. The number of ether oxygens (including phenoxy) is 1. The van der Waals surface area contributed by atoms with Gasteiger partial charge in [0.25, 0.3) is 0 Å². The fourth-order valence-corrected chi connectivity index (χ4v) is 4.46. The third-order valence-electron chi connectivity index (χ3n) is 6.00. The fourth-order valence-electron chi connectivity index (χ4n) is 4.46. The highest BCUT2D eigenvalue weighted by Crippen LogP contribution is 2.27. The number of amides is 1. The highest BCUT2D eigenvalue weighted by Gasteiger charge is 2.22. The van der Waals surface area contributed by atoms with Gasteiger partial charge in [-0.15, -0.1) is 12.4 Å². The van der Waals surface area contributed by atoms with Gasteiger partial charge in [0.15, 0.2) is 0 Å². The van der Waals surface area contributed by atoms with Crippen LogP contribution in [0.3, 0.4) is 0 Å². The quantitative estimate of drug-likeness (QED) is 0.588. The minimum atomic E-state index is -0.274. The summed E-state index contributed by atoms with van der Waals surface area (Å²) in [6.45, 7) is 6.91. The van der Waals surface area contributed by atoms with Crippen molar-refractivity contribution in [3.63, 3.8) is 0 Å². The van der Waals surface area contributed by atoms with Gasteiger partial charge >= 0.3 is 6.09 Å². The van der Waals surface area contributed by atoms with Crippen molar-refractivity contribution in [3.05, 3.63) is 35.9 Å². The van der Waals surface area contributed by atoms with Crippen molar-refractivity contribution in [2.75, 3.05) is 45.9 Å². The molecule has 1 aromatic rings. The first-order valence-electron chi connectivity index (χ1n) is 11.2. The van der Waals surface area contributed by atoms with Crippen LogP contribution < -0.4 is 5.32 Å². The third kappa shape index (κ3) is 8.53. The Bertz CT molecular complexity index is 561. The second-order valence-corrected chi connectivity index (χ2v) is 8.13. The summed E-state index contributed by atoms with van der Waals surface area (Å²) in [6.07, 6.45) is 9.43. The summed E-state index contributed by atoms with van der Waals surface area (Å²) in [5.74, 6) is 0. The van der Waals surface area contributed by atoms with Gasteiger partial charge in [-0.05, 0) is 70.3 Å². The molecule has 0 aliphatic carbocycles. The van der Waals surface area contributed by atoms with Gasteiger partial charge in [-0.3, -0.25) is 4.90 Å². The van der Waals surface area contributed by atoms with Crippen LogP contribution in [0.4, 0.5) is 4.79 Å². The Kier molecular flexibility index (Phi) is 11.4. The minimum absolute atomic E-state index is 0. The number of nitrogens with one attached hydrogen (secondary N) is 1. The Morgan fingerprint density at radius 2 is 1.62 bits per heavy atom. The second-order valence-electron chi connectivity index (χ2n) is 8.13. The second kappa shape index (κ2) is 13.8. The van der Waals surface area contributed by atoms with E-state index in [1.165, 1.54) is 57.2 Å². The molecule has 2 fully saturated rings. The average molecular weight is 424 g/mol. The number of hydrogen-bond acceptors (Lipinski definition) is 4. The molecule has 1 unspecified atom stereocenters. The zero-order valence-corrected chi connectivity index (χ0v) is 18.5. The molecule has 1 aromatic carbocycles. The van der Waals surface area contributed by atoms with Gasteiger partial charge in [0.1, 0.15) is 0 Å². The molecule has 0 saturated carbocycles. The number of nitrogens with zero attached hydrogens (tertiary/aromatic N) is 2. The number of carbonyl (C=O) groups excluding carboxylic acids is 1. The first kappa shape index (κ1) is 24.0. The maximum atomic E-state index is 12.0. The molecule has 3 rings (SSSR count). The van der Waals surface area contributed by atoms with Crippen LogP contribution in [-0.4, -0.2) is 61.8 Å². The minimum Gasteiger partial charge on any atom is -0.450 e. The third-order valence-corrected chi connectivity index (χ3v) is 6.00. The van der Waals surface area contributed by atoms with Crippen LogP contribution in [-0.2, 0) is 4.74 Å². The molecule has 0 bridgehead atoms. The number of hydrogen-bond donors (Lipinski definition) is 1. The highest BCUT2D eigenvalue weighted by atomic mass is 35.5. The molecular weight excluding hydrogens is 386 g/mol. The average Bonchev–Trinajstić information content (AvgIpc) is 2.76. The van der Waals surface area contributed by atoms with Gasteiger partial charge in [-0.1, -0.05) is 43.2 Å². The van der Waals surface area contributed by atoms with E-state index in [4.69, 9.17) is 4.74 Å². The van der Waals surface area contributed by atoms with Gasteiger partial charge in [-0.25, -0.2) is 4.79 Å². The van der Waals surface area contributed by atoms with E-state index >= 15 is 0 Å².